The molecule has 0 saturated heterocycles. The molecule has 1 fully saturated rings. The van der Waals surface area contributed by atoms with Crippen molar-refractivity contribution in [2.75, 3.05) is 6.54 Å². The molecule has 3 N–H and O–H groups in total. The van der Waals surface area contributed by atoms with Gasteiger partial charge in [0.1, 0.15) is 5.41 Å². The maximum absolute atomic E-state index is 11.8. The van der Waals surface area contributed by atoms with Gasteiger partial charge in [0.15, 0.2) is 0 Å². The van der Waals surface area contributed by atoms with Crippen molar-refractivity contribution in [1.82, 2.24) is 9.55 Å². The highest BCUT2D eigenvalue weighted by Crippen LogP contribution is 2.56. The van der Waals surface area contributed by atoms with Gasteiger partial charge < -0.3 is 15.4 Å². The van der Waals surface area contributed by atoms with E-state index >= 15 is 0 Å². The van der Waals surface area contributed by atoms with Crippen LogP contribution in [0.15, 0.2) is 36.8 Å². The van der Waals surface area contributed by atoms with Gasteiger partial charge in [0.05, 0.1) is 12.0 Å². The molecular weight excluding hydrogens is 278 g/mol. The molecular formula is C17H21N3O2. The monoisotopic (exact) mass is 299 g/mol. The number of hydrogen-bond acceptors (Lipinski definition) is 3. The van der Waals surface area contributed by atoms with Crippen molar-refractivity contribution >= 4 is 5.97 Å². The first-order valence-electron chi connectivity index (χ1n) is 7.63. The molecule has 2 unspecified atom stereocenters. The van der Waals surface area contributed by atoms with E-state index in [2.05, 4.69) is 11.1 Å². The van der Waals surface area contributed by atoms with Crippen LogP contribution in [0, 0.1) is 12.8 Å². The Bertz CT molecular complexity index is 695. The summed E-state index contributed by atoms with van der Waals surface area (Å²) in [6.07, 6.45) is 5.92. The van der Waals surface area contributed by atoms with E-state index in [0.717, 1.165) is 24.1 Å². The number of nitrogens with zero attached hydrogens (tertiary/aromatic N) is 2. The van der Waals surface area contributed by atoms with E-state index in [4.69, 9.17) is 5.73 Å². The molecule has 116 valence electrons. The molecule has 2 aromatic rings. The van der Waals surface area contributed by atoms with Gasteiger partial charge in [-0.15, -0.1) is 0 Å². The third-order valence-electron chi connectivity index (χ3n) is 4.58. The molecule has 0 spiro atoms. The van der Waals surface area contributed by atoms with E-state index in [1.807, 2.05) is 35.9 Å². The highest BCUT2D eigenvalue weighted by atomic mass is 16.4. The number of aliphatic carboxylic acids is 1. The van der Waals surface area contributed by atoms with Crippen LogP contribution in [-0.2, 0) is 10.2 Å². The third-order valence-corrected chi connectivity index (χ3v) is 4.58. The minimum atomic E-state index is -0.815. The SMILES string of the molecule is Cc1cccc(-n2cnc(C3(C(=O)O)CC3CCCN)c2)c1. The maximum Gasteiger partial charge on any atom is 0.316 e. The largest absolute Gasteiger partial charge is 0.481 e. The molecule has 0 bridgehead atoms. The molecule has 2 atom stereocenters. The number of rotatable bonds is 6. The van der Waals surface area contributed by atoms with Crippen LogP contribution < -0.4 is 5.73 Å². The molecule has 5 nitrogen and oxygen atoms in total. The van der Waals surface area contributed by atoms with Gasteiger partial charge >= 0.3 is 5.97 Å². The predicted molar refractivity (Wildman–Crippen MR) is 84.0 cm³/mol. The fourth-order valence-electron chi connectivity index (χ4n) is 3.21. The van der Waals surface area contributed by atoms with Crippen molar-refractivity contribution in [3.8, 4) is 5.69 Å². The Balaban J connectivity index is 1.88. The molecule has 1 aliphatic rings. The summed E-state index contributed by atoms with van der Waals surface area (Å²) >= 11 is 0. The zero-order chi connectivity index (χ0) is 15.7. The van der Waals surface area contributed by atoms with Crippen molar-refractivity contribution in [2.24, 2.45) is 11.7 Å². The fourth-order valence-corrected chi connectivity index (χ4v) is 3.21. The fraction of sp³-hybridized carbons (Fsp3) is 0.412. The summed E-state index contributed by atoms with van der Waals surface area (Å²) in [5.41, 5.74) is 7.53. The van der Waals surface area contributed by atoms with Gasteiger partial charge in [-0.25, -0.2) is 4.98 Å². The van der Waals surface area contributed by atoms with E-state index in [1.54, 1.807) is 6.33 Å². The topological polar surface area (TPSA) is 81.1 Å². The van der Waals surface area contributed by atoms with Gasteiger partial charge in [-0.3, -0.25) is 4.79 Å². The Morgan fingerprint density at radius 3 is 3.05 bits per heavy atom. The Kier molecular flexibility index (Phi) is 3.74. The molecule has 1 aromatic heterocycles. The minimum Gasteiger partial charge on any atom is -0.481 e. The average Bonchev–Trinajstić information content (AvgIpc) is 3.02. The zero-order valence-electron chi connectivity index (χ0n) is 12.7. The highest BCUT2D eigenvalue weighted by molar-refractivity contribution is 5.85. The number of aromatic nitrogens is 2. The van der Waals surface area contributed by atoms with Gasteiger partial charge in [-0.1, -0.05) is 12.1 Å². The molecule has 1 heterocycles. The molecule has 5 heteroatoms. The van der Waals surface area contributed by atoms with Crippen molar-refractivity contribution in [2.45, 2.75) is 31.6 Å². The van der Waals surface area contributed by atoms with Crippen molar-refractivity contribution in [3.05, 3.63) is 48.0 Å². The van der Waals surface area contributed by atoms with Gasteiger partial charge in [-0.2, -0.15) is 0 Å². The van der Waals surface area contributed by atoms with E-state index in [9.17, 15) is 9.90 Å². The van der Waals surface area contributed by atoms with Crippen LogP contribution in [0.25, 0.3) is 5.69 Å². The quantitative estimate of drug-likeness (QED) is 0.857. The lowest BCUT2D eigenvalue weighted by molar-refractivity contribution is -0.140. The zero-order valence-corrected chi connectivity index (χ0v) is 12.7. The summed E-state index contributed by atoms with van der Waals surface area (Å²) in [6.45, 7) is 2.63. The van der Waals surface area contributed by atoms with Gasteiger partial charge in [0, 0.05) is 11.9 Å². The Labute approximate surface area is 129 Å². The number of carbonyl (C=O) groups is 1. The standard InChI is InChI=1S/C17H21N3O2/c1-12-4-2-6-14(8-12)20-10-15(19-11-20)17(16(21)22)9-13(17)5-3-7-18/h2,4,6,8,10-11,13H,3,5,7,9,18H2,1H3,(H,21,22). The highest BCUT2D eigenvalue weighted by Gasteiger charge is 2.62. The Hall–Kier alpha value is -2.14. The van der Waals surface area contributed by atoms with Crippen LogP contribution in [0.4, 0.5) is 0 Å². The smallest absolute Gasteiger partial charge is 0.316 e. The summed E-state index contributed by atoms with van der Waals surface area (Å²) in [4.78, 5) is 16.2. The molecule has 1 saturated carbocycles. The molecule has 0 amide bonds. The predicted octanol–water partition coefficient (Wildman–Crippen LogP) is 2.26. The van der Waals surface area contributed by atoms with Crippen molar-refractivity contribution in [3.63, 3.8) is 0 Å². The van der Waals surface area contributed by atoms with E-state index in [1.165, 1.54) is 0 Å². The van der Waals surface area contributed by atoms with E-state index in [-0.39, 0.29) is 5.92 Å². The molecule has 22 heavy (non-hydrogen) atoms. The first-order chi connectivity index (χ1) is 10.6. The lowest BCUT2D eigenvalue weighted by Gasteiger charge is -2.09. The normalized spacial score (nSPS) is 23.5. The number of carboxylic acids is 1. The van der Waals surface area contributed by atoms with Crippen molar-refractivity contribution < 1.29 is 9.90 Å². The minimum absolute atomic E-state index is 0.148. The van der Waals surface area contributed by atoms with Crippen LogP contribution in [0.3, 0.4) is 0 Å². The number of nitrogens with two attached hydrogens (primary N) is 1. The third kappa shape index (κ3) is 2.41. The van der Waals surface area contributed by atoms with E-state index in [0.29, 0.717) is 18.7 Å². The second-order valence-corrected chi connectivity index (χ2v) is 6.11. The Morgan fingerprint density at radius 1 is 1.55 bits per heavy atom. The number of aryl methyl sites for hydroxylation is 1. The molecule has 0 aliphatic heterocycles. The Morgan fingerprint density at radius 2 is 2.36 bits per heavy atom. The molecule has 1 aromatic carbocycles. The average molecular weight is 299 g/mol. The van der Waals surface area contributed by atoms with Gasteiger partial charge in [-0.05, 0) is 56.3 Å². The summed E-state index contributed by atoms with van der Waals surface area (Å²) in [5.74, 6) is -0.626. The number of imidazole rings is 1. The molecule has 3 rings (SSSR count). The number of hydrogen-bond donors (Lipinski definition) is 2. The second-order valence-electron chi connectivity index (χ2n) is 6.11. The first kappa shape index (κ1) is 14.8. The molecule has 1 aliphatic carbocycles. The lowest BCUT2D eigenvalue weighted by Crippen LogP contribution is -2.23. The lowest BCUT2D eigenvalue weighted by atomic mass is 9.98. The maximum atomic E-state index is 11.8. The van der Waals surface area contributed by atoms with Gasteiger partial charge in [0.25, 0.3) is 0 Å². The van der Waals surface area contributed by atoms with Crippen LogP contribution in [-0.4, -0.2) is 27.2 Å². The summed E-state index contributed by atoms with van der Waals surface area (Å²) in [6, 6.07) is 8.06. The first-order valence-corrected chi connectivity index (χ1v) is 7.63. The van der Waals surface area contributed by atoms with Gasteiger partial charge in [0.2, 0.25) is 0 Å². The number of benzene rings is 1. The number of carboxylic acid groups (broad SMARTS) is 1. The van der Waals surface area contributed by atoms with Crippen molar-refractivity contribution in [1.29, 1.82) is 0 Å². The second kappa shape index (κ2) is 5.57. The van der Waals surface area contributed by atoms with E-state index < -0.39 is 11.4 Å². The summed E-state index contributed by atoms with van der Waals surface area (Å²) < 4.78 is 1.89. The van der Waals surface area contributed by atoms with Crippen LogP contribution in [0.1, 0.15) is 30.5 Å². The summed E-state index contributed by atoms with van der Waals surface area (Å²) in [7, 11) is 0. The van der Waals surface area contributed by atoms with Crippen LogP contribution >= 0.6 is 0 Å². The van der Waals surface area contributed by atoms with Crippen LogP contribution in [0.2, 0.25) is 0 Å². The molecule has 0 radical (unpaired) electrons. The van der Waals surface area contributed by atoms with Crippen LogP contribution in [0.5, 0.6) is 0 Å². The summed E-state index contributed by atoms with van der Waals surface area (Å²) in [5, 5.41) is 9.67.